The minimum absolute atomic E-state index is 0.204. The highest BCUT2D eigenvalue weighted by Crippen LogP contribution is 2.55. The molecule has 5 aliphatic carbocycles. The van der Waals surface area contributed by atoms with Gasteiger partial charge in [0.05, 0.1) is 11.1 Å². The van der Waals surface area contributed by atoms with E-state index in [0.717, 1.165) is 54.6 Å². The number of aryl methyl sites for hydroxylation is 1. The van der Waals surface area contributed by atoms with Crippen LogP contribution in [0.15, 0.2) is 222 Å². The number of nitrogens with zero attached hydrogens (tertiary/aromatic N) is 1. The summed E-state index contributed by atoms with van der Waals surface area (Å²) < 4.78 is 0. The highest BCUT2D eigenvalue weighted by Gasteiger charge is 2.48. The lowest BCUT2D eigenvalue weighted by molar-refractivity contribution is 0.373. The molecule has 0 amide bonds. The van der Waals surface area contributed by atoms with E-state index in [4.69, 9.17) is 4.99 Å². The Labute approximate surface area is 394 Å². The summed E-state index contributed by atoms with van der Waals surface area (Å²) in [5.41, 5.74) is 14.2. The van der Waals surface area contributed by atoms with E-state index in [-0.39, 0.29) is 23.4 Å². The number of nitrogens with one attached hydrogen (secondary N) is 1. The fourth-order valence-electron chi connectivity index (χ4n) is 11.9. The van der Waals surface area contributed by atoms with Gasteiger partial charge in [-0.25, -0.2) is 0 Å². The van der Waals surface area contributed by atoms with Crippen molar-refractivity contribution in [1.29, 1.82) is 0 Å². The van der Waals surface area contributed by atoms with Gasteiger partial charge in [0.15, 0.2) is 0 Å². The maximum atomic E-state index is 5.63. The molecular weight excluding hydrogens is 797 g/mol. The van der Waals surface area contributed by atoms with Gasteiger partial charge in [0, 0.05) is 16.7 Å². The molecule has 2 heteroatoms. The molecule has 1 heterocycles. The van der Waals surface area contributed by atoms with Crippen molar-refractivity contribution < 1.29 is 0 Å². The molecule has 6 aliphatic rings. The predicted octanol–water partition coefficient (Wildman–Crippen LogP) is 15.1. The second-order valence-electron chi connectivity index (χ2n) is 19.5. The Bertz CT molecular complexity index is 2840. The van der Waals surface area contributed by atoms with Crippen LogP contribution >= 0.6 is 0 Å². The van der Waals surface area contributed by atoms with Gasteiger partial charge in [-0.3, -0.25) is 4.99 Å². The summed E-state index contributed by atoms with van der Waals surface area (Å²) in [5.74, 6) is 1.85. The normalized spacial score (nSPS) is 26.2. The first-order valence-corrected chi connectivity index (χ1v) is 24.4. The number of rotatable bonds is 11. The standard InChI is InChI=1S/C64H62N2/c1-45-37-39-54(40-38-45)63(51-26-8-5-9-27-51,52-28-10-6-11-29-52)56-33-19-24-49(42-56)60-44-61(66-62(65-60)58-35-16-14-22-47(58)3)50-25-20-34-57(43-50)64(53-30-12-7-13-31-53,55-32-18-21-46(2)41-55)59-36-17-15-23-48(59)4/h5,7-10,12-22,24-26,28-30,32-37,39-40,42-46,48,51,53,62,65H,23,27,31,38,41H2,1-4H3. The number of hydrogen-bond donors (Lipinski definition) is 1. The third-order valence-corrected chi connectivity index (χ3v) is 15.2. The van der Waals surface area contributed by atoms with Gasteiger partial charge in [-0.1, -0.05) is 208 Å². The minimum atomic E-state index is -0.442. The van der Waals surface area contributed by atoms with Crippen molar-refractivity contribution >= 4 is 11.4 Å². The Morgan fingerprint density at radius 3 is 2.08 bits per heavy atom. The number of aliphatic imine (C=N–C) groups is 1. The fourth-order valence-corrected chi connectivity index (χ4v) is 11.9. The summed E-state index contributed by atoms with van der Waals surface area (Å²) in [6.07, 6.45) is 47.1. The van der Waals surface area contributed by atoms with Crippen molar-refractivity contribution in [3.63, 3.8) is 0 Å². The molecule has 0 saturated carbocycles. The van der Waals surface area contributed by atoms with Crippen molar-refractivity contribution in [2.75, 3.05) is 0 Å². The smallest absolute Gasteiger partial charge is 0.145 e. The van der Waals surface area contributed by atoms with E-state index in [2.05, 4.69) is 239 Å². The van der Waals surface area contributed by atoms with E-state index in [1.165, 1.54) is 44.5 Å². The molecule has 0 fully saturated rings. The summed E-state index contributed by atoms with van der Waals surface area (Å²) in [5, 5.41) is 3.98. The first kappa shape index (κ1) is 43.2. The number of hydrogen-bond acceptors (Lipinski definition) is 2. The fraction of sp³-hybridized carbons (Fsp3) is 0.266. The van der Waals surface area contributed by atoms with Gasteiger partial charge in [0.2, 0.25) is 0 Å². The lowest BCUT2D eigenvalue weighted by Crippen LogP contribution is -2.42. The molecule has 8 atom stereocenters. The van der Waals surface area contributed by atoms with Gasteiger partial charge in [0.25, 0.3) is 0 Å². The van der Waals surface area contributed by atoms with Crippen LogP contribution in [0.5, 0.6) is 0 Å². The van der Waals surface area contributed by atoms with E-state index in [1.54, 1.807) is 0 Å². The Hall–Kier alpha value is -6.69. The monoisotopic (exact) mass is 858 g/mol. The maximum Gasteiger partial charge on any atom is 0.145 e. The van der Waals surface area contributed by atoms with Crippen molar-refractivity contribution in [1.82, 2.24) is 5.32 Å². The molecule has 0 bridgehead atoms. The molecule has 328 valence electrons. The molecule has 0 radical (unpaired) electrons. The number of benzene rings is 3. The van der Waals surface area contributed by atoms with Gasteiger partial charge >= 0.3 is 0 Å². The van der Waals surface area contributed by atoms with Gasteiger partial charge in [0.1, 0.15) is 6.17 Å². The molecule has 4 aromatic carbocycles. The van der Waals surface area contributed by atoms with Gasteiger partial charge in [-0.05, 0) is 144 Å². The maximum absolute atomic E-state index is 5.63. The zero-order chi connectivity index (χ0) is 45.1. The van der Waals surface area contributed by atoms with E-state index in [1.807, 2.05) is 6.07 Å². The zero-order valence-electron chi connectivity index (χ0n) is 39.0. The average Bonchev–Trinajstić information content (AvgIpc) is 3.37. The molecule has 8 unspecified atom stereocenters. The van der Waals surface area contributed by atoms with Crippen LogP contribution in [0, 0.1) is 48.6 Å². The Morgan fingerprint density at radius 2 is 1.38 bits per heavy atom. The molecule has 2 nitrogen and oxygen atoms in total. The first-order valence-electron chi connectivity index (χ1n) is 24.4. The Balaban J connectivity index is 1.15. The van der Waals surface area contributed by atoms with Gasteiger partial charge < -0.3 is 5.32 Å². The molecule has 0 aromatic heterocycles. The Morgan fingerprint density at radius 1 is 0.636 bits per heavy atom. The molecule has 4 aromatic rings. The second kappa shape index (κ2) is 18.7. The third kappa shape index (κ3) is 7.94. The summed E-state index contributed by atoms with van der Waals surface area (Å²) in [6.45, 7) is 9.30. The largest absolute Gasteiger partial charge is 0.360 e. The van der Waals surface area contributed by atoms with E-state index in [9.17, 15) is 0 Å². The summed E-state index contributed by atoms with van der Waals surface area (Å²) in [6, 6.07) is 40.5. The van der Waals surface area contributed by atoms with Crippen LogP contribution in [0.4, 0.5) is 0 Å². The van der Waals surface area contributed by atoms with Crippen LogP contribution < -0.4 is 5.32 Å². The lowest BCUT2D eigenvalue weighted by atomic mass is 9.55. The van der Waals surface area contributed by atoms with E-state index >= 15 is 0 Å². The molecule has 1 N–H and O–H groups in total. The van der Waals surface area contributed by atoms with Crippen molar-refractivity contribution in [3.05, 3.63) is 268 Å². The lowest BCUT2D eigenvalue weighted by Gasteiger charge is -2.48. The van der Waals surface area contributed by atoms with Crippen molar-refractivity contribution in [3.8, 4) is 0 Å². The molecular formula is C64H62N2. The topological polar surface area (TPSA) is 24.4 Å². The van der Waals surface area contributed by atoms with E-state index < -0.39 is 5.41 Å². The van der Waals surface area contributed by atoms with E-state index in [0.29, 0.717) is 17.8 Å². The SMILES string of the molecule is Cc1ccccc1C1N=C(c2cccc(C(C3=CC=CC(C)C3)(C3=CC=CCC3C)C3C=CC=CC3)c2)C=C(c2cccc(C(C3=CCC(C)C=C3)(c3cc#ccc3)C3C=CC=CC3)c2)N1. The number of allylic oxidation sites excluding steroid dienone is 21. The molecule has 0 spiro atoms. The van der Waals surface area contributed by atoms with Crippen molar-refractivity contribution in [2.24, 2.45) is 34.6 Å². The average molecular weight is 859 g/mol. The quantitative estimate of drug-likeness (QED) is 0.160. The van der Waals surface area contributed by atoms with Crippen LogP contribution in [-0.2, 0) is 10.8 Å². The predicted molar refractivity (Wildman–Crippen MR) is 277 cm³/mol. The van der Waals surface area contributed by atoms with Crippen LogP contribution in [0.25, 0.3) is 5.70 Å². The summed E-state index contributed by atoms with van der Waals surface area (Å²) in [7, 11) is 0. The molecule has 0 saturated heterocycles. The second-order valence-corrected chi connectivity index (χ2v) is 19.5. The molecule has 1 aliphatic heterocycles. The summed E-state index contributed by atoms with van der Waals surface area (Å²) >= 11 is 0. The highest BCUT2D eigenvalue weighted by atomic mass is 15.1. The Kier molecular flexibility index (Phi) is 12.2. The molecule has 10 rings (SSSR count). The highest BCUT2D eigenvalue weighted by molar-refractivity contribution is 6.13. The van der Waals surface area contributed by atoms with Crippen LogP contribution in [0.2, 0.25) is 0 Å². The van der Waals surface area contributed by atoms with Crippen molar-refractivity contribution in [2.45, 2.75) is 76.8 Å². The molecule has 66 heavy (non-hydrogen) atoms. The summed E-state index contributed by atoms with van der Waals surface area (Å²) in [4.78, 5) is 5.63. The first-order chi connectivity index (χ1) is 32.3. The minimum Gasteiger partial charge on any atom is -0.360 e. The van der Waals surface area contributed by atoms with Crippen LogP contribution in [-0.4, -0.2) is 5.71 Å². The zero-order valence-corrected chi connectivity index (χ0v) is 39.0. The van der Waals surface area contributed by atoms with Gasteiger partial charge in [-0.2, -0.15) is 0 Å². The third-order valence-electron chi connectivity index (χ3n) is 15.2. The van der Waals surface area contributed by atoms with Crippen LogP contribution in [0.3, 0.4) is 0 Å². The van der Waals surface area contributed by atoms with Crippen LogP contribution in [0.1, 0.15) is 98.0 Å². The van der Waals surface area contributed by atoms with Gasteiger partial charge in [-0.15, -0.1) is 0 Å².